The molecule has 1 aliphatic heterocycles. The lowest BCUT2D eigenvalue weighted by Crippen LogP contribution is -2.54. The highest BCUT2D eigenvalue weighted by atomic mass is 16.6. The first kappa shape index (κ1) is 27.1. The Morgan fingerprint density at radius 1 is 0.974 bits per heavy atom. The second-order valence-electron chi connectivity index (χ2n) is 13.0. The Hall–Kier alpha value is -2.44. The van der Waals surface area contributed by atoms with Gasteiger partial charge in [-0.05, 0) is 55.9 Å². The zero-order valence-electron chi connectivity index (χ0n) is 23.3. The van der Waals surface area contributed by atoms with Crippen LogP contribution < -0.4 is 0 Å². The fourth-order valence-electron chi connectivity index (χ4n) is 8.38. The summed E-state index contributed by atoms with van der Waals surface area (Å²) in [6.07, 6.45) is 12.0. The molecule has 0 aromatic carbocycles. The van der Waals surface area contributed by atoms with Crippen LogP contribution in [0.15, 0.2) is 58.9 Å². The van der Waals surface area contributed by atoms with Gasteiger partial charge in [-0.25, -0.2) is 4.79 Å². The van der Waals surface area contributed by atoms with Crippen LogP contribution in [0.4, 0.5) is 0 Å². The van der Waals surface area contributed by atoms with Crippen LogP contribution in [-0.4, -0.2) is 44.9 Å². The molecule has 2 bridgehead atoms. The number of rotatable bonds is 0. The van der Waals surface area contributed by atoms with Crippen molar-refractivity contribution in [2.75, 3.05) is 0 Å². The number of carbonyl (C=O) groups excluding carboxylic acids is 2. The topological polar surface area (TPSA) is 104 Å². The lowest BCUT2D eigenvalue weighted by molar-refractivity contribution is -0.155. The van der Waals surface area contributed by atoms with Crippen molar-refractivity contribution in [3.63, 3.8) is 0 Å². The average molecular weight is 523 g/mol. The molecule has 5 rings (SSSR count). The van der Waals surface area contributed by atoms with Gasteiger partial charge in [0.15, 0.2) is 5.60 Å². The van der Waals surface area contributed by atoms with Crippen molar-refractivity contribution in [2.45, 2.75) is 78.6 Å². The Labute approximate surface area is 225 Å². The maximum atomic E-state index is 14.3. The summed E-state index contributed by atoms with van der Waals surface area (Å²) in [6, 6.07) is 0. The lowest BCUT2D eigenvalue weighted by atomic mass is 9.49. The van der Waals surface area contributed by atoms with E-state index >= 15 is 0 Å². The molecule has 3 N–H and O–H groups in total. The van der Waals surface area contributed by atoms with E-state index in [2.05, 4.69) is 13.0 Å². The molecule has 2 fully saturated rings. The molecule has 6 nitrogen and oxygen atoms in total. The highest BCUT2D eigenvalue weighted by Gasteiger charge is 2.62. The van der Waals surface area contributed by atoms with Gasteiger partial charge in [-0.1, -0.05) is 69.7 Å². The number of ketones is 1. The number of hydrogen-bond donors (Lipinski definition) is 3. The molecule has 0 aromatic heterocycles. The predicted octanol–water partition coefficient (Wildman–Crippen LogP) is 4.99. The van der Waals surface area contributed by atoms with Gasteiger partial charge in [-0.2, -0.15) is 0 Å². The monoisotopic (exact) mass is 522 g/mol. The van der Waals surface area contributed by atoms with Crippen LogP contribution in [0.5, 0.6) is 0 Å². The fraction of sp³-hybridized carbons (Fsp3) is 0.625. The molecule has 5 aliphatic rings. The van der Waals surface area contributed by atoms with Gasteiger partial charge in [0, 0.05) is 29.6 Å². The molecule has 1 saturated heterocycles. The SMILES string of the molecule is C/C1=C\[C@@H]2C=C[C@H](C)C[C@]23OC(=O)C(=C(O)[C@@]2(C)[C@H]4[C@H](C=C[C@H]2/C(C)=C/C[C@@H]1O)[C@@H](O)[C@@H](C)C[C@@H]4C)C3=O. The Morgan fingerprint density at radius 3 is 2.39 bits per heavy atom. The molecule has 38 heavy (non-hydrogen) atoms. The second-order valence-corrected chi connectivity index (χ2v) is 13.0. The van der Waals surface area contributed by atoms with Crippen molar-refractivity contribution in [2.24, 2.45) is 46.8 Å². The fourth-order valence-corrected chi connectivity index (χ4v) is 8.38. The standard InChI is InChI=1S/C32H42O6/c1-16-7-9-21-14-18(3)24(33)12-8-17(2)23-11-10-22-26(19(4)13-20(5)27(22)34)31(23,6)28(35)25-29(36)32(21,15-16)38-30(25)37/h7-11,14,16,19-24,26-27,33-35H,12-13,15H2,1-6H3/b17-8+,18-14+,28-25?/t16-,19-,20-,21-,22-,23-,24-,26+,27-,31+,32-/m0/s1. The second kappa shape index (κ2) is 9.34. The molecule has 1 heterocycles. The number of carbonyl (C=O) groups is 2. The van der Waals surface area contributed by atoms with E-state index in [1.165, 1.54) is 0 Å². The van der Waals surface area contributed by atoms with Gasteiger partial charge in [0.25, 0.3) is 0 Å². The average Bonchev–Trinajstić information content (AvgIpc) is 3.10. The van der Waals surface area contributed by atoms with E-state index in [1.807, 2.05) is 65.0 Å². The van der Waals surface area contributed by atoms with Crippen LogP contribution in [0.25, 0.3) is 0 Å². The van der Waals surface area contributed by atoms with E-state index in [0.29, 0.717) is 18.4 Å². The minimum atomic E-state index is -1.45. The quantitative estimate of drug-likeness (QED) is 0.235. The highest BCUT2D eigenvalue weighted by Crippen LogP contribution is 2.60. The predicted molar refractivity (Wildman–Crippen MR) is 145 cm³/mol. The van der Waals surface area contributed by atoms with E-state index in [-0.39, 0.29) is 46.8 Å². The molecule has 4 aliphatic carbocycles. The van der Waals surface area contributed by atoms with Crippen molar-refractivity contribution in [3.05, 3.63) is 58.9 Å². The third kappa shape index (κ3) is 3.82. The number of aliphatic hydroxyl groups is 3. The van der Waals surface area contributed by atoms with Gasteiger partial charge in [-0.3, -0.25) is 4.79 Å². The molecule has 1 saturated carbocycles. The normalized spacial score (nSPS) is 49.7. The summed E-state index contributed by atoms with van der Waals surface area (Å²) >= 11 is 0. The molecule has 11 atom stereocenters. The van der Waals surface area contributed by atoms with Crippen molar-refractivity contribution >= 4 is 11.8 Å². The molecular weight excluding hydrogens is 480 g/mol. The minimum Gasteiger partial charge on any atom is -0.511 e. The Kier molecular flexibility index (Phi) is 6.67. The molecule has 0 unspecified atom stereocenters. The number of esters is 1. The Balaban J connectivity index is 1.78. The molecule has 206 valence electrons. The van der Waals surface area contributed by atoms with Crippen LogP contribution >= 0.6 is 0 Å². The summed E-state index contributed by atoms with van der Waals surface area (Å²) in [5.74, 6) is -2.55. The molecule has 6 heteroatoms. The van der Waals surface area contributed by atoms with Gasteiger partial charge in [0.2, 0.25) is 5.78 Å². The van der Waals surface area contributed by atoms with Gasteiger partial charge in [0.05, 0.1) is 12.2 Å². The lowest BCUT2D eigenvalue weighted by Gasteiger charge is -2.55. The first-order chi connectivity index (χ1) is 17.8. The number of allylic oxidation sites excluding steroid dienone is 4. The smallest absolute Gasteiger partial charge is 0.346 e. The number of hydrogen-bond acceptors (Lipinski definition) is 6. The van der Waals surface area contributed by atoms with Crippen molar-refractivity contribution < 1.29 is 29.6 Å². The van der Waals surface area contributed by atoms with Crippen LogP contribution in [0.1, 0.15) is 60.8 Å². The first-order valence-corrected chi connectivity index (χ1v) is 14.1. The minimum absolute atomic E-state index is 0.00282. The van der Waals surface area contributed by atoms with Crippen LogP contribution in [0.3, 0.4) is 0 Å². The summed E-state index contributed by atoms with van der Waals surface area (Å²) in [5, 5.41) is 34.4. The van der Waals surface area contributed by atoms with Crippen molar-refractivity contribution in [1.82, 2.24) is 0 Å². The number of Topliss-reactive ketones (excluding diaryl/α,β-unsaturated/α-hetero) is 1. The van der Waals surface area contributed by atoms with Crippen LogP contribution in [0.2, 0.25) is 0 Å². The van der Waals surface area contributed by atoms with E-state index in [1.54, 1.807) is 0 Å². The molecule has 0 aromatic rings. The summed E-state index contributed by atoms with van der Waals surface area (Å²) in [5.41, 5.74) is -1.07. The van der Waals surface area contributed by atoms with E-state index in [4.69, 9.17) is 4.74 Å². The van der Waals surface area contributed by atoms with E-state index in [9.17, 15) is 24.9 Å². The van der Waals surface area contributed by atoms with E-state index < -0.39 is 40.9 Å². The molecule has 1 spiro atoms. The maximum Gasteiger partial charge on any atom is 0.346 e. The van der Waals surface area contributed by atoms with Gasteiger partial charge in [0.1, 0.15) is 11.3 Å². The molecule has 0 radical (unpaired) electrons. The number of aliphatic hydroxyl groups excluding tert-OH is 3. The number of ether oxygens (including phenoxy) is 1. The third-order valence-electron chi connectivity index (χ3n) is 10.4. The first-order valence-electron chi connectivity index (χ1n) is 14.1. The largest absolute Gasteiger partial charge is 0.511 e. The third-order valence-corrected chi connectivity index (χ3v) is 10.4. The zero-order chi connectivity index (χ0) is 27.7. The van der Waals surface area contributed by atoms with E-state index in [0.717, 1.165) is 12.0 Å². The maximum absolute atomic E-state index is 14.3. The van der Waals surface area contributed by atoms with Crippen molar-refractivity contribution in [1.29, 1.82) is 0 Å². The Morgan fingerprint density at radius 2 is 1.68 bits per heavy atom. The summed E-state index contributed by atoms with van der Waals surface area (Å²) < 4.78 is 5.98. The van der Waals surface area contributed by atoms with Gasteiger partial charge >= 0.3 is 5.97 Å². The summed E-state index contributed by atoms with van der Waals surface area (Å²) in [7, 11) is 0. The van der Waals surface area contributed by atoms with Gasteiger partial charge < -0.3 is 20.1 Å². The summed E-state index contributed by atoms with van der Waals surface area (Å²) in [6.45, 7) is 11.9. The summed E-state index contributed by atoms with van der Waals surface area (Å²) in [4.78, 5) is 27.9. The van der Waals surface area contributed by atoms with Crippen LogP contribution in [-0.2, 0) is 14.3 Å². The zero-order valence-corrected chi connectivity index (χ0v) is 23.3. The highest BCUT2D eigenvalue weighted by molar-refractivity contribution is 6.26. The number of fused-ring (bicyclic) bond motifs is 4. The van der Waals surface area contributed by atoms with Crippen molar-refractivity contribution in [3.8, 4) is 0 Å². The van der Waals surface area contributed by atoms with Crippen LogP contribution in [0, 0.1) is 46.8 Å². The molecular formula is C32H42O6. The van der Waals surface area contributed by atoms with Gasteiger partial charge in [-0.15, -0.1) is 0 Å². The Bertz CT molecular complexity index is 1190. The molecule has 0 amide bonds.